The second-order valence-corrected chi connectivity index (χ2v) is 8.68. The van der Waals surface area contributed by atoms with E-state index in [-0.39, 0.29) is 23.6 Å². The van der Waals surface area contributed by atoms with Crippen LogP contribution in [0.25, 0.3) is 0 Å². The summed E-state index contributed by atoms with van der Waals surface area (Å²) in [6, 6.07) is 9.75. The molecule has 1 aliphatic rings. The van der Waals surface area contributed by atoms with Crippen LogP contribution >= 0.6 is 22.9 Å². The molecule has 1 saturated heterocycles. The molecule has 0 spiro atoms. The molecule has 1 aliphatic heterocycles. The average Bonchev–Trinajstić information content (AvgIpc) is 3.26. The molecular formula is C21H24ClN3O3S. The van der Waals surface area contributed by atoms with Crippen molar-refractivity contribution >= 4 is 40.7 Å². The topological polar surface area (TPSA) is 69.7 Å². The van der Waals surface area contributed by atoms with Crippen molar-refractivity contribution in [3.8, 4) is 0 Å². The number of piperazine rings is 1. The van der Waals surface area contributed by atoms with Crippen molar-refractivity contribution in [1.82, 2.24) is 15.1 Å². The number of rotatable bonds is 5. The maximum absolute atomic E-state index is 13.0. The molecule has 0 aliphatic carbocycles. The first kappa shape index (κ1) is 21.3. The zero-order valence-electron chi connectivity index (χ0n) is 16.4. The minimum Gasteiger partial charge on any atom is -0.339 e. The Morgan fingerprint density at radius 1 is 1.00 bits per heavy atom. The van der Waals surface area contributed by atoms with E-state index in [1.807, 2.05) is 25.3 Å². The van der Waals surface area contributed by atoms with E-state index >= 15 is 0 Å². The number of thiophene rings is 1. The second-order valence-electron chi connectivity index (χ2n) is 7.30. The van der Waals surface area contributed by atoms with E-state index in [1.165, 1.54) is 11.3 Å². The lowest BCUT2D eigenvalue weighted by molar-refractivity contribution is -0.135. The number of nitrogens with one attached hydrogen (secondary N) is 1. The fourth-order valence-corrected chi connectivity index (χ4v) is 3.99. The number of nitrogens with zero attached hydrogens (tertiary/aromatic N) is 2. The highest BCUT2D eigenvalue weighted by Gasteiger charge is 2.32. The lowest BCUT2D eigenvalue weighted by Crippen LogP contribution is -2.57. The van der Waals surface area contributed by atoms with E-state index in [2.05, 4.69) is 5.32 Å². The van der Waals surface area contributed by atoms with Crippen molar-refractivity contribution in [2.75, 3.05) is 26.2 Å². The molecule has 8 heteroatoms. The first-order valence-electron chi connectivity index (χ1n) is 9.55. The highest BCUT2D eigenvalue weighted by atomic mass is 35.5. The number of amides is 3. The summed E-state index contributed by atoms with van der Waals surface area (Å²) in [5.41, 5.74) is 0.581. The van der Waals surface area contributed by atoms with Crippen LogP contribution in [-0.2, 0) is 4.79 Å². The maximum Gasteiger partial charge on any atom is 0.262 e. The van der Waals surface area contributed by atoms with Crippen LogP contribution in [-0.4, -0.2) is 59.7 Å². The number of halogens is 1. The third kappa shape index (κ3) is 5.16. The number of benzene rings is 1. The Hall–Kier alpha value is -2.38. The van der Waals surface area contributed by atoms with Gasteiger partial charge in [-0.15, -0.1) is 11.3 Å². The number of carbonyl (C=O) groups excluding carboxylic acids is 3. The van der Waals surface area contributed by atoms with Crippen LogP contribution in [0.3, 0.4) is 0 Å². The van der Waals surface area contributed by atoms with E-state index in [0.29, 0.717) is 41.6 Å². The molecule has 3 amide bonds. The lowest BCUT2D eigenvalue weighted by atomic mass is 10.0. The predicted octanol–water partition coefficient (Wildman–Crippen LogP) is 3.14. The predicted molar refractivity (Wildman–Crippen MR) is 114 cm³/mol. The van der Waals surface area contributed by atoms with Gasteiger partial charge in [-0.05, 0) is 41.6 Å². The number of hydrogen-bond acceptors (Lipinski definition) is 4. The second kappa shape index (κ2) is 9.41. The van der Waals surface area contributed by atoms with Crippen LogP contribution in [0, 0.1) is 5.92 Å². The Morgan fingerprint density at radius 3 is 2.17 bits per heavy atom. The van der Waals surface area contributed by atoms with Gasteiger partial charge in [0, 0.05) is 36.8 Å². The fraction of sp³-hybridized carbons (Fsp3) is 0.381. The largest absolute Gasteiger partial charge is 0.339 e. The number of carbonyl (C=O) groups is 3. The molecule has 2 aromatic rings. The fourth-order valence-electron chi connectivity index (χ4n) is 3.24. The standard InChI is InChI=1S/C21H24ClN3O3S/c1-14(2)18(23-19(26)17-4-3-13-29-17)21(28)25-11-9-24(10-12-25)20(27)15-5-7-16(22)8-6-15/h3-8,13-14,18H,9-12H2,1-2H3,(H,23,26)/t18-/m1/s1. The molecule has 0 bridgehead atoms. The van der Waals surface area contributed by atoms with Gasteiger partial charge >= 0.3 is 0 Å². The zero-order valence-corrected chi connectivity index (χ0v) is 18.0. The first-order chi connectivity index (χ1) is 13.9. The van der Waals surface area contributed by atoms with E-state index in [9.17, 15) is 14.4 Å². The highest BCUT2D eigenvalue weighted by Crippen LogP contribution is 2.16. The van der Waals surface area contributed by atoms with E-state index in [4.69, 9.17) is 11.6 Å². The minimum absolute atomic E-state index is 0.0415. The molecule has 0 unspecified atom stereocenters. The normalized spacial score (nSPS) is 15.3. The molecule has 154 valence electrons. The summed E-state index contributed by atoms with van der Waals surface area (Å²) >= 11 is 7.23. The van der Waals surface area contributed by atoms with Crippen molar-refractivity contribution < 1.29 is 14.4 Å². The van der Waals surface area contributed by atoms with E-state index in [1.54, 1.807) is 40.1 Å². The molecule has 2 heterocycles. The third-order valence-electron chi connectivity index (χ3n) is 4.93. The van der Waals surface area contributed by atoms with Gasteiger partial charge in [0.2, 0.25) is 5.91 Å². The van der Waals surface area contributed by atoms with E-state index in [0.717, 1.165) is 0 Å². The molecule has 29 heavy (non-hydrogen) atoms. The van der Waals surface area contributed by atoms with Gasteiger partial charge in [0.15, 0.2) is 0 Å². The summed E-state index contributed by atoms with van der Waals surface area (Å²) in [7, 11) is 0. The summed E-state index contributed by atoms with van der Waals surface area (Å²) in [6.07, 6.45) is 0. The van der Waals surface area contributed by atoms with Gasteiger partial charge in [-0.2, -0.15) is 0 Å². The lowest BCUT2D eigenvalue weighted by Gasteiger charge is -2.37. The van der Waals surface area contributed by atoms with Gasteiger partial charge in [-0.25, -0.2) is 0 Å². The summed E-state index contributed by atoms with van der Waals surface area (Å²) in [5.74, 6) is -0.451. The minimum atomic E-state index is -0.594. The van der Waals surface area contributed by atoms with Gasteiger partial charge in [0.1, 0.15) is 6.04 Å². The van der Waals surface area contributed by atoms with E-state index < -0.39 is 6.04 Å². The first-order valence-corrected chi connectivity index (χ1v) is 10.8. The molecule has 0 radical (unpaired) electrons. The molecule has 1 aromatic carbocycles. The summed E-state index contributed by atoms with van der Waals surface area (Å²) in [5, 5.41) is 5.28. The quantitative estimate of drug-likeness (QED) is 0.787. The van der Waals surface area contributed by atoms with Crippen molar-refractivity contribution in [1.29, 1.82) is 0 Å². The molecular weight excluding hydrogens is 410 g/mol. The smallest absolute Gasteiger partial charge is 0.262 e. The van der Waals surface area contributed by atoms with Crippen molar-refractivity contribution in [3.63, 3.8) is 0 Å². The van der Waals surface area contributed by atoms with Gasteiger partial charge in [0.05, 0.1) is 4.88 Å². The Kier molecular flexibility index (Phi) is 6.92. The SMILES string of the molecule is CC(C)[C@@H](NC(=O)c1cccs1)C(=O)N1CCN(C(=O)c2ccc(Cl)cc2)CC1. The average molecular weight is 434 g/mol. The Labute approximate surface area is 179 Å². The van der Waals surface area contributed by atoms with Crippen LogP contribution in [0.15, 0.2) is 41.8 Å². The van der Waals surface area contributed by atoms with Crippen LogP contribution in [0.5, 0.6) is 0 Å². The summed E-state index contributed by atoms with van der Waals surface area (Å²) in [6.45, 7) is 5.62. The molecule has 1 fully saturated rings. The van der Waals surface area contributed by atoms with Crippen LogP contribution in [0.2, 0.25) is 5.02 Å². The molecule has 0 saturated carbocycles. The molecule has 6 nitrogen and oxygen atoms in total. The van der Waals surface area contributed by atoms with Crippen LogP contribution in [0.1, 0.15) is 33.9 Å². The zero-order chi connectivity index (χ0) is 21.0. The number of hydrogen-bond donors (Lipinski definition) is 1. The van der Waals surface area contributed by atoms with Gasteiger partial charge < -0.3 is 15.1 Å². The van der Waals surface area contributed by atoms with Crippen molar-refractivity contribution in [2.24, 2.45) is 5.92 Å². The van der Waals surface area contributed by atoms with Crippen LogP contribution < -0.4 is 5.32 Å². The van der Waals surface area contributed by atoms with Gasteiger partial charge in [-0.1, -0.05) is 31.5 Å². The maximum atomic E-state index is 13.0. The summed E-state index contributed by atoms with van der Waals surface area (Å²) < 4.78 is 0. The van der Waals surface area contributed by atoms with Crippen molar-refractivity contribution in [3.05, 3.63) is 57.2 Å². The molecule has 1 atom stereocenters. The summed E-state index contributed by atoms with van der Waals surface area (Å²) in [4.78, 5) is 42.1. The Morgan fingerprint density at radius 2 is 1.62 bits per heavy atom. The van der Waals surface area contributed by atoms with Crippen LogP contribution in [0.4, 0.5) is 0 Å². The monoisotopic (exact) mass is 433 g/mol. The van der Waals surface area contributed by atoms with Crippen molar-refractivity contribution in [2.45, 2.75) is 19.9 Å². The Bertz CT molecular complexity index is 860. The molecule has 1 aromatic heterocycles. The molecule has 1 N–H and O–H groups in total. The highest BCUT2D eigenvalue weighted by molar-refractivity contribution is 7.12. The molecule has 3 rings (SSSR count). The third-order valence-corrected chi connectivity index (χ3v) is 6.05. The Balaban J connectivity index is 1.59. The van der Waals surface area contributed by atoms with Gasteiger partial charge in [0.25, 0.3) is 11.8 Å². The van der Waals surface area contributed by atoms with Gasteiger partial charge in [-0.3, -0.25) is 14.4 Å².